The number of aromatic nitrogens is 1. The molecule has 0 bridgehead atoms. The highest BCUT2D eigenvalue weighted by molar-refractivity contribution is 6.24. The molecule has 0 atom stereocenters. The third-order valence-electron chi connectivity index (χ3n) is 4.09. The van der Waals surface area contributed by atoms with Gasteiger partial charge in [-0.25, -0.2) is 0 Å². The maximum atomic E-state index is 5.46. The number of benzene rings is 3. The molecule has 1 heterocycles. The Morgan fingerprint density at radius 1 is 0.682 bits per heavy atom. The van der Waals surface area contributed by atoms with Crippen LogP contribution >= 0.6 is 0 Å². The van der Waals surface area contributed by atoms with E-state index < -0.39 is 0 Å². The fourth-order valence-corrected chi connectivity index (χ4v) is 3.09. The van der Waals surface area contributed by atoms with Crippen molar-refractivity contribution < 1.29 is 9.47 Å². The summed E-state index contributed by atoms with van der Waals surface area (Å²) in [5.41, 5.74) is 0.983. The minimum absolute atomic E-state index is 0.720. The molecule has 3 heteroatoms. The zero-order valence-electron chi connectivity index (χ0n) is 12.5. The molecular formula is C19H15NO2. The predicted molar refractivity (Wildman–Crippen MR) is 89.9 cm³/mol. The molecular weight excluding hydrogens is 274 g/mol. The van der Waals surface area contributed by atoms with Crippen molar-refractivity contribution in [3.05, 3.63) is 54.7 Å². The van der Waals surface area contributed by atoms with Crippen LogP contribution in [0, 0.1) is 0 Å². The Morgan fingerprint density at radius 2 is 1.27 bits per heavy atom. The third-order valence-corrected chi connectivity index (χ3v) is 4.09. The lowest BCUT2D eigenvalue weighted by atomic mass is 9.97. The Balaban J connectivity index is 2.32. The number of pyridine rings is 1. The molecule has 0 aliphatic rings. The van der Waals surface area contributed by atoms with Crippen LogP contribution in [-0.2, 0) is 0 Å². The van der Waals surface area contributed by atoms with Gasteiger partial charge in [-0.15, -0.1) is 0 Å². The van der Waals surface area contributed by atoms with Gasteiger partial charge in [0, 0.05) is 17.0 Å². The van der Waals surface area contributed by atoms with Crippen LogP contribution in [0.25, 0.3) is 32.4 Å². The summed E-state index contributed by atoms with van der Waals surface area (Å²) < 4.78 is 10.9. The maximum Gasteiger partial charge on any atom is 0.161 e. The summed E-state index contributed by atoms with van der Waals surface area (Å²) in [7, 11) is 3.31. The number of hydrogen-bond acceptors (Lipinski definition) is 3. The number of rotatable bonds is 2. The lowest BCUT2D eigenvalue weighted by Gasteiger charge is -2.13. The van der Waals surface area contributed by atoms with E-state index >= 15 is 0 Å². The van der Waals surface area contributed by atoms with Gasteiger partial charge in [0.15, 0.2) is 11.5 Å². The number of methoxy groups -OCH3 is 2. The summed E-state index contributed by atoms with van der Waals surface area (Å²) >= 11 is 0. The predicted octanol–water partition coefficient (Wildman–Crippen LogP) is 4.56. The van der Waals surface area contributed by atoms with Crippen LogP contribution in [0.2, 0.25) is 0 Å². The van der Waals surface area contributed by atoms with Crippen molar-refractivity contribution in [2.24, 2.45) is 0 Å². The normalized spacial score (nSPS) is 11.2. The average Bonchev–Trinajstić information content (AvgIpc) is 2.60. The second kappa shape index (κ2) is 4.88. The van der Waals surface area contributed by atoms with E-state index in [0.717, 1.165) is 33.2 Å². The molecule has 0 saturated carbocycles. The summed E-state index contributed by atoms with van der Waals surface area (Å²) in [6, 6.07) is 16.5. The highest BCUT2D eigenvalue weighted by Gasteiger charge is 2.13. The number of fused-ring (bicyclic) bond motifs is 6. The molecule has 108 valence electrons. The number of hydrogen-bond donors (Lipinski definition) is 0. The summed E-state index contributed by atoms with van der Waals surface area (Å²) in [4.78, 5) is 4.59. The van der Waals surface area contributed by atoms with E-state index in [9.17, 15) is 0 Å². The highest BCUT2D eigenvalue weighted by Crippen LogP contribution is 2.39. The Bertz CT molecular complexity index is 926. The van der Waals surface area contributed by atoms with E-state index in [1.54, 1.807) is 14.2 Å². The summed E-state index contributed by atoms with van der Waals surface area (Å²) in [5.74, 6) is 1.45. The van der Waals surface area contributed by atoms with Gasteiger partial charge in [0.2, 0.25) is 0 Å². The first-order valence-corrected chi connectivity index (χ1v) is 7.14. The fourth-order valence-electron chi connectivity index (χ4n) is 3.09. The summed E-state index contributed by atoms with van der Waals surface area (Å²) in [5, 5.41) is 5.74. The summed E-state index contributed by atoms with van der Waals surface area (Å²) in [6.07, 6.45) is 1.83. The molecule has 4 aromatic rings. The van der Waals surface area contributed by atoms with Crippen molar-refractivity contribution in [3.63, 3.8) is 0 Å². The van der Waals surface area contributed by atoms with Crippen molar-refractivity contribution in [2.75, 3.05) is 14.2 Å². The maximum absolute atomic E-state index is 5.46. The fraction of sp³-hybridized carbons (Fsp3) is 0.105. The molecule has 0 spiro atoms. The van der Waals surface area contributed by atoms with Crippen molar-refractivity contribution in [1.29, 1.82) is 0 Å². The van der Waals surface area contributed by atoms with Crippen LogP contribution in [0.1, 0.15) is 0 Å². The largest absolute Gasteiger partial charge is 0.493 e. The Kier molecular flexibility index (Phi) is 2.86. The van der Waals surface area contributed by atoms with Crippen molar-refractivity contribution >= 4 is 32.4 Å². The van der Waals surface area contributed by atoms with Crippen LogP contribution in [0.5, 0.6) is 11.5 Å². The number of nitrogens with zero attached hydrogens (tertiary/aromatic N) is 1. The monoisotopic (exact) mass is 289 g/mol. The van der Waals surface area contributed by atoms with Crippen LogP contribution in [-0.4, -0.2) is 19.2 Å². The lowest BCUT2D eigenvalue weighted by molar-refractivity contribution is 0.356. The zero-order valence-corrected chi connectivity index (χ0v) is 12.5. The topological polar surface area (TPSA) is 31.4 Å². The SMILES string of the molecule is COc1cc2c3ccccc3c3cccnc3c2cc1OC. The van der Waals surface area contributed by atoms with Crippen LogP contribution in [0.15, 0.2) is 54.7 Å². The molecule has 22 heavy (non-hydrogen) atoms. The van der Waals surface area contributed by atoms with Gasteiger partial charge in [-0.3, -0.25) is 4.98 Å². The van der Waals surface area contributed by atoms with Gasteiger partial charge >= 0.3 is 0 Å². The van der Waals surface area contributed by atoms with Gasteiger partial charge in [0.25, 0.3) is 0 Å². The van der Waals surface area contributed by atoms with E-state index in [4.69, 9.17) is 9.47 Å². The molecule has 3 aromatic carbocycles. The van der Waals surface area contributed by atoms with Crippen LogP contribution in [0.3, 0.4) is 0 Å². The van der Waals surface area contributed by atoms with Crippen LogP contribution in [0.4, 0.5) is 0 Å². The second-order valence-corrected chi connectivity index (χ2v) is 5.20. The standard InChI is InChI=1S/C19H15NO2/c1-21-17-10-15-13-7-4-3-6-12(13)14-8-5-9-20-19(14)16(15)11-18(17)22-2/h3-11H,1-2H3. The molecule has 4 rings (SSSR count). The van der Waals surface area contributed by atoms with E-state index in [1.807, 2.05) is 24.4 Å². The van der Waals surface area contributed by atoms with Gasteiger partial charge in [0.05, 0.1) is 19.7 Å². The first-order valence-electron chi connectivity index (χ1n) is 7.14. The van der Waals surface area contributed by atoms with Crippen LogP contribution < -0.4 is 9.47 Å². The van der Waals surface area contributed by atoms with Gasteiger partial charge in [0.1, 0.15) is 0 Å². The molecule has 0 aliphatic heterocycles. The van der Waals surface area contributed by atoms with E-state index in [0.29, 0.717) is 0 Å². The number of ether oxygens (including phenoxy) is 2. The highest BCUT2D eigenvalue weighted by atomic mass is 16.5. The molecule has 0 saturated heterocycles. The molecule has 0 fully saturated rings. The quantitative estimate of drug-likeness (QED) is 0.507. The van der Waals surface area contributed by atoms with Gasteiger partial charge < -0.3 is 9.47 Å². The van der Waals surface area contributed by atoms with Gasteiger partial charge in [-0.1, -0.05) is 30.3 Å². The van der Waals surface area contributed by atoms with E-state index in [-0.39, 0.29) is 0 Å². The van der Waals surface area contributed by atoms with Crippen molar-refractivity contribution in [2.45, 2.75) is 0 Å². The zero-order chi connectivity index (χ0) is 15.1. The minimum atomic E-state index is 0.720. The Hall–Kier alpha value is -2.81. The van der Waals surface area contributed by atoms with E-state index in [1.165, 1.54) is 10.8 Å². The first kappa shape index (κ1) is 12.9. The minimum Gasteiger partial charge on any atom is -0.493 e. The first-order chi connectivity index (χ1) is 10.8. The third kappa shape index (κ3) is 1.72. The van der Waals surface area contributed by atoms with Gasteiger partial charge in [-0.05, 0) is 34.4 Å². The molecule has 0 radical (unpaired) electrons. The lowest BCUT2D eigenvalue weighted by Crippen LogP contribution is -1.92. The Morgan fingerprint density at radius 3 is 1.95 bits per heavy atom. The molecule has 0 aliphatic carbocycles. The molecule has 0 unspecified atom stereocenters. The molecule has 0 N–H and O–H groups in total. The second-order valence-electron chi connectivity index (χ2n) is 5.20. The van der Waals surface area contributed by atoms with Crippen molar-refractivity contribution in [1.82, 2.24) is 4.98 Å². The smallest absolute Gasteiger partial charge is 0.161 e. The van der Waals surface area contributed by atoms with Crippen molar-refractivity contribution in [3.8, 4) is 11.5 Å². The van der Waals surface area contributed by atoms with E-state index in [2.05, 4.69) is 35.3 Å². The molecule has 0 amide bonds. The Labute approximate surface area is 128 Å². The average molecular weight is 289 g/mol. The molecule has 1 aromatic heterocycles. The molecule has 3 nitrogen and oxygen atoms in total. The summed E-state index contributed by atoms with van der Waals surface area (Å²) in [6.45, 7) is 0. The van der Waals surface area contributed by atoms with Gasteiger partial charge in [-0.2, -0.15) is 0 Å².